The first kappa shape index (κ1) is 35.8. The van der Waals surface area contributed by atoms with Crippen LogP contribution in [0.5, 0.6) is 0 Å². The molecule has 1 aliphatic heterocycles. The zero-order valence-electron chi connectivity index (χ0n) is 27.5. The summed E-state index contributed by atoms with van der Waals surface area (Å²) < 4.78 is 6.59. The van der Waals surface area contributed by atoms with E-state index in [-0.39, 0.29) is 18.2 Å². The summed E-state index contributed by atoms with van der Waals surface area (Å²) in [6.07, 6.45) is 1.40. The molecule has 3 amide bonds. The fourth-order valence-electron chi connectivity index (χ4n) is 5.98. The number of aryl methyl sites for hydroxylation is 2. The lowest BCUT2D eigenvalue weighted by Gasteiger charge is -2.31. The van der Waals surface area contributed by atoms with Gasteiger partial charge in [-0.3, -0.25) is 14.4 Å². The Morgan fingerprint density at radius 2 is 1.67 bits per heavy atom. The zero-order chi connectivity index (χ0) is 34.7. The van der Waals surface area contributed by atoms with E-state index in [0.29, 0.717) is 30.8 Å². The number of esters is 1. The Morgan fingerprint density at radius 3 is 2.31 bits per heavy atom. The largest absolute Gasteiger partial charge is 0.467 e. The van der Waals surface area contributed by atoms with Gasteiger partial charge in [0.2, 0.25) is 11.8 Å². The lowest BCUT2D eigenvalue weighted by molar-refractivity contribution is -0.152. The van der Waals surface area contributed by atoms with Crippen LogP contribution in [0.3, 0.4) is 0 Å². The number of likely N-dealkylation sites (tertiary alicyclic amines) is 1. The molecule has 4 aromatic rings. The summed E-state index contributed by atoms with van der Waals surface area (Å²) >= 11 is 4.42. The molecule has 1 aromatic heterocycles. The predicted molar refractivity (Wildman–Crippen MR) is 201 cm³/mol. The molecule has 10 nitrogen and oxygen atoms in total. The summed E-state index contributed by atoms with van der Waals surface area (Å²) in [5.41, 5.74) is 6.30. The van der Waals surface area contributed by atoms with Crippen LogP contribution < -0.4 is 10.6 Å². The van der Waals surface area contributed by atoms with Crippen LogP contribution in [0.25, 0.3) is 22.4 Å². The third kappa shape index (κ3) is 7.85. The first-order valence-electron chi connectivity index (χ1n) is 15.9. The van der Waals surface area contributed by atoms with Crippen LogP contribution >= 0.6 is 45.2 Å². The van der Waals surface area contributed by atoms with Crippen molar-refractivity contribution in [1.29, 1.82) is 0 Å². The van der Waals surface area contributed by atoms with Crippen molar-refractivity contribution in [3.63, 3.8) is 0 Å². The van der Waals surface area contributed by atoms with Gasteiger partial charge in [0, 0.05) is 31.2 Å². The summed E-state index contributed by atoms with van der Waals surface area (Å²) in [4.78, 5) is 63.5. The van der Waals surface area contributed by atoms with Gasteiger partial charge in [0.1, 0.15) is 23.9 Å². The number of ether oxygens (including phenoxy) is 1. The molecule has 1 aliphatic rings. The van der Waals surface area contributed by atoms with Gasteiger partial charge in [-0.05, 0) is 119 Å². The highest BCUT2D eigenvalue weighted by Gasteiger charge is 2.40. The second kappa shape index (κ2) is 15.3. The van der Waals surface area contributed by atoms with Gasteiger partial charge < -0.3 is 25.3 Å². The van der Waals surface area contributed by atoms with Crippen molar-refractivity contribution in [1.82, 2.24) is 25.5 Å². The Morgan fingerprint density at radius 1 is 1.00 bits per heavy atom. The molecule has 0 saturated carbocycles. The molecule has 252 valence electrons. The summed E-state index contributed by atoms with van der Waals surface area (Å²) in [7, 11) is 1.30. The van der Waals surface area contributed by atoms with Gasteiger partial charge in [-0.15, -0.1) is 0 Å². The SMILES string of the molecule is COC(=O)[C@@H]1CCCN1C(=O)[C@@H](NC(=O)[C@H](Cc1ccccc1)NC(=O)c1cc(I)c(-c2nc3cc(C)c(C)cc3[nH]2)c(I)c1)C(C)C. The quantitative estimate of drug-likeness (QED) is 0.138. The fourth-order valence-corrected chi connectivity index (χ4v) is 8.26. The molecule has 1 fully saturated rings. The monoisotopic (exact) mass is 875 g/mol. The number of rotatable bonds is 10. The Labute approximate surface area is 307 Å². The van der Waals surface area contributed by atoms with E-state index in [2.05, 4.69) is 86.8 Å². The molecule has 2 heterocycles. The van der Waals surface area contributed by atoms with Crippen molar-refractivity contribution in [3.8, 4) is 11.4 Å². The van der Waals surface area contributed by atoms with E-state index in [4.69, 9.17) is 9.72 Å². The van der Waals surface area contributed by atoms with E-state index in [0.717, 1.165) is 34.9 Å². The Balaban J connectivity index is 1.39. The van der Waals surface area contributed by atoms with Crippen LogP contribution in [-0.2, 0) is 25.5 Å². The normalized spacial score (nSPS) is 15.8. The summed E-state index contributed by atoms with van der Waals surface area (Å²) in [5, 5.41) is 5.85. The van der Waals surface area contributed by atoms with Crippen molar-refractivity contribution < 1.29 is 23.9 Å². The molecule has 48 heavy (non-hydrogen) atoms. The Hall–Kier alpha value is -3.53. The van der Waals surface area contributed by atoms with Crippen LogP contribution in [0.4, 0.5) is 0 Å². The maximum atomic E-state index is 13.9. The molecule has 3 N–H and O–H groups in total. The first-order valence-corrected chi connectivity index (χ1v) is 18.0. The molecule has 0 spiro atoms. The number of methoxy groups -OCH3 is 1. The van der Waals surface area contributed by atoms with E-state index in [1.807, 2.05) is 44.2 Å². The van der Waals surface area contributed by atoms with Gasteiger partial charge in [-0.2, -0.15) is 0 Å². The van der Waals surface area contributed by atoms with Gasteiger partial charge in [0.25, 0.3) is 5.91 Å². The number of aromatic amines is 1. The number of H-pyrrole nitrogens is 1. The highest BCUT2D eigenvalue weighted by Crippen LogP contribution is 2.32. The van der Waals surface area contributed by atoms with E-state index in [1.165, 1.54) is 17.6 Å². The predicted octanol–water partition coefficient (Wildman–Crippen LogP) is 5.70. The maximum Gasteiger partial charge on any atom is 0.328 e. The molecule has 0 radical (unpaired) electrons. The van der Waals surface area contributed by atoms with E-state index >= 15 is 0 Å². The molecule has 3 aromatic carbocycles. The Kier molecular flexibility index (Phi) is 11.4. The lowest BCUT2D eigenvalue weighted by Crippen LogP contribution is -2.58. The minimum atomic E-state index is -0.971. The van der Waals surface area contributed by atoms with Gasteiger partial charge >= 0.3 is 5.97 Å². The second-order valence-corrected chi connectivity index (χ2v) is 14.8. The molecular formula is C36H39I2N5O5. The molecule has 0 aliphatic carbocycles. The summed E-state index contributed by atoms with van der Waals surface area (Å²) in [6, 6.07) is 14.6. The van der Waals surface area contributed by atoms with E-state index < -0.39 is 35.9 Å². The van der Waals surface area contributed by atoms with E-state index in [1.54, 1.807) is 12.1 Å². The summed E-state index contributed by atoms with van der Waals surface area (Å²) in [5.74, 6) is -1.26. The van der Waals surface area contributed by atoms with Crippen LogP contribution in [-0.4, -0.2) is 70.3 Å². The Bertz CT molecular complexity index is 1800. The third-order valence-electron chi connectivity index (χ3n) is 8.78. The molecule has 0 bridgehead atoms. The number of carbonyl (C=O) groups is 4. The highest BCUT2D eigenvalue weighted by atomic mass is 127. The molecule has 0 unspecified atom stereocenters. The maximum absolute atomic E-state index is 13.9. The van der Waals surface area contributed by atoms with Crippen molar-refractivity contribution in [2.45, 2.75) is 65.1 Å². The molecule has 3 atom stereocenters. The highest BCUT2D eigenvalue weighted by molar-refractivity contribution is 14.1. The van der Waals surface area contributed by atoms with Gasteiger partial charge in [0.15, 0.2) is 0 Å². The number of hydrogen-bond donors (Lipinski definition) is 3. The first-order chi connectivity index (χ1) is 22.9. The van der Waals surface area contributed by atoms with Gasteiger partial charge in [-0.1, -0.05) is 44.2 Å². The fraction of sp³-hybridized carbons (Fsp3) is 0.361. The number of carbonyl (C=O) groups excluding carboxylic acids is 4. The minimum Gasteiger partial charge on any atom is -0.467 e. The van der Waals surface area contributed by atoms with E-state index in [9.17, 15) is 19.2 Å². The average Bonchev–Trinajstić information content (AvgIpc) is 3.70. The zero-order valence-corrected chi connectivity index (χ0v) is 31.8. The van der Waals surface area contributed by atoms with Crippen LogP contribution in [0, 0.1) is 26.9 Å². The molecule has 5 rings (SSSR count). The molecule has 12 heteroatoms. The summed E-state index contributed by atoms with van der Waals surface area (Å²) in [6.45, 7) is 8.21. The number of nitrogens with zero attached hydrogens (tertiary/aromatic N) is 2. The number of amides is 3. The number of imidazole rings is 1. The lowest BCUT2D eigenvalue weighted by atomic mass is 10.00. The molecular weight excluding hydrogens is 836 g/mol. The number of nitrogens with one attached hydrogen (secondary N) is 3. The van der Waals surface area contributed by atoms with Crippen LogP contribution in [0.2, 0.25) is 0 Å². The van der Waals surface area contributed by atoms with Gasteiger partial charge in [0.05, 0.1) is 18.1 Å². The minimum absolute atomic E-state index is 0.218. The van der Waals surface area contributed by atoms with Crippen molar-refractivity contribution >= 4 is 79.9 Å². The topological polar surface area (TPSA) is 133 Å². The number of halogens is 2. The number of hydrogen-bond acceptors (Lipinski definition) is 6. The number of benzene rings is 3. The third-order valence-corrected chi connectivity index (χ3v) is 10.5. The van der Waals surface area contributed by atoms with Crippen LogP contribution in [0.1, 0.15) is 53.7 Å². The van der Waals surface area contributed by atoms with Gasteiger partial charge in [-0.25, -0.2) is 9.78 Å². The van der Waals surface area contributed by atoms with Crippen molar-refractivity contribution in [2.24, 2.45) is 5.92 Å². The smallest absolute Gasteiger partial charge is 0.328 e. The number of aromatic nitrogens is 2. The molecule has 1 saturated heterocycles. The van der Waals surface area contributed by atoms with Crippen molar-refractivity contribution in [2.75, 3.05) is 13.7 Å². The van der Waals surface area contributed by atoms with Crippen LogP contribution in [0.15, 0.2) is 54.6 Å². The average molecular weight is 876 g/mol. The van der Waals surface area contributed by atoms with Crippen molar-refractivity contribution in [3.05, 3.63) is 84.0 Å². The standard InChI is InChI=1S/C36H39I2N5O5/c1-19(2)31(35(46)43-13-9-12-29(43)36(47)48-5)42-34(45)28(16-22-10-7-6-8-11-22)41-33(44)23-17-24(37)30(25(38)18-23)32-39-26-14-20(3)21(4)15-27(26)40-32/h6-8,10-11,14-15,17-19,28-29,31H,9,12-13,16H2,1-5H3,(H,39,40)(H,41,44)(H,42,45)/t28-,29-,31-/m0/s1. The second-order valence-electron chi connectivity index (χ2n) is 12.5. The number of fused-ring (bicyclic) bond motifs is 1.